The molecule has 0 bridgehead atoms. The zero-order valence-corrected chi connectivity index (χ0v) is 18.0. The molecule has 3 rings (SSSR count). The number of aromatic nitrogens is 2. The summed E-state index contributed by atoms with van der Waals surface area (Å²) in [6.45, 7) is 2.39. The molecule has 28 heavy (non-hydrogen) atoms. The number of rotatable bonds is 7. The molecule has 0 unspecified atom stereocenters. The zero-order chi connectivity index (χ0) is 20.3. The number of thioether (sulfide) groups is 1. The molecule has 6 nitrogen and oxygen atoms in total. The van der Waals surface area contributed by atoms with Crippen LogP contribution in [-0.4, -0.2) is 41.6 Å². The van der Waals surface area contributed by atoms with Gasteiger partial charge in [0.25, 0.3) is 5.56 Å². The summed E-state index contributed by atoms with van der Waals surface area (Å²) in [7, 11) is 2.91. The average Bonchev–Trinajstić information content (AvgIpc) is 3.11. The van der Waals surface area contributed by atoms with Gasteiger partial charge in [-0.15, -0.1) is 11.3 Å². The van der Waals surface area contributed by atoms with Crippen LogP contribution in [0.5, 0.6) is 0 Å². The number of esters is 1. The van der Waals surface area contributed by atoms with Crippen molar-refractivity contribution in [1.29, 1.82) is 0 Å². The van der Waals surface area contributed by atoms with E-state index in [0.717, 1.165) is 11.1 Å². The summed E-state index contributed by atoms with van der Waals surface area (Å²) < 4.78 is 11.5. The number of ether oxygens (including phenoxy) is 2. The first-order chi connectivity index (χ1) is 13.5. The van der Waals surface area contributed by atoms with Crippen LogP contribution in [-0.2, 0) is 20.8 Å². The fraction of sp³-hybridized carbons (Fsp3) is 0.316. The Morgan fingerprint density at radius 3 is 2.75 bits per heavy atom. The van der Waals surface area contributed by atoms with Gasteiger partial charge in [-0.05, 0) is 13.0 Å². The van der Waals surface area contributed by atoms with E-state index in [2.05, 4.69) is 4.98 Å². The van der Waals surface area contributed by atoms with E-state index in [1.54, 1.807) is 24.7 Å². The summed E-state index contributed by atoms with van der Waals surface area (Å²) in [6.07, 6.45) is 0. The second-order valence-corrected chi connectivity index (χ2v) is 8.51. The first kappa shape index (κ1) is 20.9. The molecule has 0 saturated heterocycles. The van der Waals surface area contributed by atoms with Crippen LogP contribution in [0, 0.1) is 0 Å². The van der Waals surface area contributed by atoms with Gasteiger partial charge in [0.1, 0.15) is 10.1 Å². The number of thiophene rings is 1. The highest BCUT2D eigenvalue weighted by atomic mass is 35.5. The third-order valence-electron chi connectivity index (χ3n) is 4.16. The third-order valence-corrected chi connectivity index (χ3v) is 6.43. The predicted molar refractivity (Wildman–Crippen MR) is 114 cm³/mol. The second kappa shape index (κ2) is 9.09. The molecule has 0 amide bonds. The lowest BCUT2D eigenvalue weighted by atomic mass is 10.1. The number of hydrogen-bond donors (Lipinski definition) is 0. The SMILES string of the molecule is COCCn1c(S[C@H](C)C(=O)OC)nc2scc(-c3ccccc3Cl)c2c1=O. The van der Waals surface area contributed by atoms with Crippen LogP contribution in [0.1, 0.15) is 6.92 Å². The fourth-order valence-electron chi connectivity index (χ4n) is 2.73. The van der Waals surface area contributed by atoms with Crippen LogP contribution in [0.15, 0.2) is 39.6 Å². The van der Waals surface area contributed by atoms with Crippen LogP contribution in [0.3, 0.4) is 0 Å². The molecule has 148 valence electrons. The van der Waals surface area contributed by atoms with Crippen molar-refractivity contribution in [2.24, 2.45) is 0 Å². The van der Waals surface area contributed by atoms with Crippen molar-refractivity contribution in [2.75, 3.05) is 20.8 Å². The van der Waals surface area contributed by atoms with Gasteiger partial charge in [0, 0.05) is 28.6 Å². The summed E-state index contributed by atoms with van der Waals surface area (Å²) in [6, 6.07) is 7.40. The number of fused-ring (bicyclic) bond motifs is 1. The minimum atomic E-state index is -0.494. The van der Waals surface area contributed by atoms with Gasteiger partial charge in [-0.2, -0.15) is 0 Å². The largest absolute Gasteiger partial charge is 0.468 e. The van der Waals surface area contributed by atoms with Crippen molar-refractivity contribution in [2.45, 2.75) is 23.9 Å². The molecule has 2 heterocycles. The Morgan fingerprint density at radius 1 is 1.32 bits per heavy atom. The molecule has 0 aliphatic heterocycles. The van der Waals surface area contributed by atoms with Crippen molar-refractivity contribution < 1.29 is 14.3 Å². The molecule has 0 spiro atoms. The van der Waals surface area contributed by atoms with Crippen molar-refractivity contribution in [3.8, 4) is 11.1 Å². The number of benzene rings is 1. The molecule has 0 radical (unpaired) electrons. The normalized spacial score (nSPS) is 12.3. The zero-order valence-electron chi connectivity index (χ0n) is 15.6. The van der Waals surface area contributed by atoms with Gasteiger partial charge in [-0.25, -0.2) is 4.98 Å². The van der Waals surface area contributed by atoms with E-state index in [-0.39, 0.29) is 11.5 Å². The van der Waals surface area contributed by atoms with E-state index in [1.807, 2.05) is 23.6 Å². The standard InChI is InChI=1S/C19H19ClN2O4S2/c1-11(18(24)26-3)28-19-21-16-15(17(23)22(19)8-9-25-2)13(10-27-16)12-6-4-5-7-14(12)20/h4-7,10-11H,8-9H2,1-3H3/t11-/m1/s1. The number of nitrogens with zero attached hydrogens (tertiary/aromatic N) is 2. The monoisotopic (exact) mass is 438 g/mol. The summed E-state index contributed by atoms with van der Waals surface area (Å²) in [4.78, 5) is 30.4. The minimum Gasteiger partial charge on any atom is -0.468 e. The van der Waals surface area contributed by atoms with Crippen LogP contribution in [0.2, 0.25) is 5.02 Å². The fourth-order valence-corrected chi connectivity index (χ4v) is 4.90. The van der Waals surface area contributed by atoms with E-state index in [1.165, 1.54) is 30.2 Å². The molecule has 1 atom stereocenters. The van der Waals surface area contributed by atoms with Gasteiger partial charge in [0.2, 0.25) is 0 Å². The van der Waals surface area contributed by atoms with Gasteiger partial charge < -0.3 is 9.47 Å². The minimum absolute atomic E-state index is 0.183. The van der Waals surface area contributed by atoms with Crippen LogP contribution in [0.4, 0.5) is 0 Å². The van der Waals surface area contributed by atoms with Crippen LogP contribution < -0.4 is 5.56 Å². The number of hydrogen-bond acceptors (Lipinski definition) is 7. The Bertz CT molecular complexity index is 1060. The van der Waals surface area contributed by atoms with E-state index >= 15 is 0 Å². The number of halogens is 1. The van der Waals surface area contributed by atoms with Gasteiger partial charge in [-0.1, -0.05) is 41.6 Å². The summed E-state index contributed by atoms with van der Waals surface area (Å²) in [5, 5.41) is 2.94. The molecule has 2 aromatic heterocycles. The number of carbonyl (C=O) groups excluding carboxylic acids is 1. The molecular formula is C19H19ClN2O4S2. The Hall–Kier alpha value is -1.87. The van der Waals surface area contributed by atoms with E-state index in [0.29, 0.717) is 33.5 Å². The number of carbonyl (C=O) groups is 1. The quantitative estimate of drug-likeness (QED) is 0.314. The van der Waals surface area contributed by atoms with Crippen molar-refractivity contribution in [3.05, 3.63) is 45.0 Å². The molecule has 3 aromatic rings. The highest BCUT2D eigenvalue weighted by molar-refractivity contribution is 8.00. The third kappa shape index (κ3) is 4.10. The molecule has 0 fully saturated rings. The smallest absolute Gasteiger partial charge is 0.318 e. The van der Waals surface area contributed by atoms with Crippen molar-refractivity contribution >= 4 is 50.9 Å². The van der Waals surface area contributed by atoms with Crippen LogP contribution >= 0.6 is 34.7 Å². The molecule has 0 aliphatic carbocycles. The van der Waals surface area contributed by atoms with Gasteiger partial charge in [0.05, 0.1) is 25.6 Å². The topological polar surface area (TPSA) is 70.4 Å². The molecule has 0 aliphatic rings. The van der Waals surface area contributed by atoms with Crippen LogP contribution in [0.25, 0.3) is 21.3 Å². The van der Waals surface area contributed by atoms with E-state index in [9.17, 15) is 9.59 Å². The Kier molecular flexibility index (Phi) is 6.77. The lowest BCUT2D eigenvalue weighted by Gasteiger charge is -2.14. The maximum Gasteiger partial charge on any atom is 0.318 e. The molecule has 0 N–H and O–H groups in total. The summed E-state index contributed by atoms with van der Waals surface area (Å²) in [5.74, 6) is -0.374. The number of methoxy groups -OCH3 is 2. The van der Waals surface area contributed by atoms with E-state index in [4.69, 9.17) is 21.1 Å². The highest BCUT2D eigenvalue weighted by Crippen LogP contribution is 2.36. The van der Waals surface area contributed by atoms with Crippen molar-refractivity contribution in [1.82, 2.24) is 9.55 Å². The Morgan fingerprint density at radius 2 is 2.07 bits per heavy atom. The summed E-state index contributed by atoms with van der Waals surface area (Å²) >= 11 is 8.91. The first-order valence-corrected chi connectivity index (χ1v) is 10.6. The summed E-state index contributed by atoms with van der Waals surface area (Å²) in [5.41, 5.74) is 1.36. The molecular weight excluding hydrogens is 420 g/mol. The van der Waals surface area contributed by atoms with Gasteiger partial charge >= 0.3 is 5.97 Å². The predicted octanol–water partition coefficient (Wildman–Crippen LogP) is 4.08. The van der Waals surface area contributed by atoms with Gasteiger partial charge in [-0.3, -0.25) is 14.2 Å². The average molecular weight is 439 g/mol. The lowest BCUT2D eigenvalue weighted by Crippen LogP contribution is -2.26. The molecule has 1 aromatic carbocycles. The highest BCUT2D eigenvalue weighted by Gasteiger charge is 2.22. The van der Waals surface area contributed by atoms with E-state index < -0.39 is 5.25 Å². The Labute approximate surface area is 175 Å². The first-order valence-electron chi connectivity index (χ1n) is 8.48. The Balaban J connectivity index is 2.17. The molecule has 0 saturated carbocycles. The van der Waals surface area contributed by atoms with Gasteiger partial charge in [0.15, 0.2) is 5.16 Å². The lowest BCUT2D eigenvalue weighted by molar-refractivity contribution is -0.139. The van der Waals surface area contributed by atoms with Crippen molar-refractivity contribution in [3.63, 3.8) is 0 Å². The molecule has 9 heteroatoms. The maximum absolute atomic E-state index is 13.3. The second-order valence-electron chi connectivity index (χ2n) is 5.94. The maximum atomic E-state index is 13.3.